The molecule has 2 aliphatic rings. The number of hydrogen-bond donors (Lipinski definition) is 1. The van der Waals surface area contributed by atoms with Crippen molar-refractivity contribution >= 4 is 6.34 Å². The average Bonchev–Trinajstić information content (AvgIpc) is 2.28. The number of rotatable bonds is 0. The van der Waals surface area contributed by atoms with E-state index in [1.807, 2.05) is 24.3 Å². The summed E-state index contributed by atoms with van der Waals surface area (Å²) in [4.78, 5) is 4.19. The number of nitrogens with zero attached hydrogens (tertiary/aromatic N) is 1. The van der Waals surface area contributed by atoms with E-state index in [0.29, 0.717) is 0 Å². The molecule has 0 aromatic carbocycles. The molecule has 0 amide bonds. The van der Waals surface area contributed by atoms with Crippen LogP contribution in [-0.4, -0.2) is 12.4 Å². The molecule has 1 atom stereocenters. The zero-order valence-corrected chi connectivity index (χ0v) is 5.49. The molecule has 0 spiro atoms. The Morgan fingerprint density at radius 3 is 3.30 bits per heavy atom. The minimum atomic E-state index is 0.231. The third-order valence-electron chi connectivity index (χ3n) is 1.58. The average molecular weight is 132 g/mol. The van der Waals surface area contributed by atoms with Crippen LogP contribution in [0.25, 0.3) is 0 Å². The molecule has 1 N–H and O–H groups in total. The molecular formula is C8H8N2. The Kier molecular flexibility index (Phi) is 1.17. The van der Waals surface area contributed by atoms with Crippen LogP contribution in [0, 0.1) is 0 Å². The summed E-state index contributed by atoms with van der Waals surface area (Å²) in [5, 5.41) is 3.07. The molecule has 2 nitrogen and oxygen atoms in total. The van der Waals surface area contributed by atoms with E-state index in [1.54, 1.807) is 6.34 Å². The molecular weight excluding hydrogens is 124 g/mol. The second kappa shape index (κ2) is 2.14. The molecule has 1 unspecified atom stereocenters. The summed E-state index contributed by atoms with van der Waals surface area (Å²) >= 11 is 0. The Morgan fingerprint density at radius 2 is 2.30 bits per heavy atom. The van der Waals surface area contributed by atoms with Crippen LogP contribution >= 0.6 is 0 Å². The summed E-state index contributed by atoms with van der Waals surface area (Å²) in [7, 11) is 0. The van der Waals surface area contributed by atoms with Gasteiger partial charge in [0.1, 0.15) is 6.04 Å². The standard InChI is InChI=1S/C8H8N2/c1-2-4-7-8(5-3-1)10-6-9-7/h1-7H,(H,9,10). The first-order valence-corrected chi connectivity index (χ1v) is 3.30. The normalized spacial score (nSPS) is 27.2. The van der Waals surface area contributed by atoms with E-state index in [4.69, 9.17) is 0 Å². The van der Waals surface area contributed by atoms with Crippen molar-refractivity contribution in [2.24, 2.45) is 4.99 Å². The molecule has 1 heterocycles. The van der Waals surface area contributed by atoms with Crippen molar-refractivity contribution in [2.75, 3.05) is 0 Å². The Hall–Kier alpha value is -1.31. The quantitative estimate of drug-likeness (QED) is 0.522. The van der Waals surface area contributed by atoms with Crippen LogP contribution in [0.4, 0.5) is 0 Å². The molecule has 0 aromatic rings. The Morgan fingerprint density at radius 1 is 1.30 bits per heavy atom. The van der Waals surface area contributed by atoms with Crippen LogP contribution in [-0.2, 0) is 0 Å². The highest BCUT2D eigenvalue weighted by atomic mass is 15.1. The fraction of sp³-hybridized carbons (Fsp3) is 0.125. The van der Waals surface area contributed by atoms with Crippen molar-refractivity contribution in [3.63, 3.8) is 0 Å². The summed E-state index contributed by atoms with van der Waals surface area (Å²) in [6.07, 6.45) is 11.9. The van der Waals surface area contributed by atoms with Gasteiger partial charge in [0.2, 0.25) is 0 Å². The largest absolute Gasteiger partial charge is 0.348 e. The van der Waals surface area contributed by atoms with Crippen LogP contribution in [0.2, 0.25) is 0 Å². The SMILES string of the molecule is C1=CC=C2NC=NC2C=C1. The molecule has 1 aliphatic heterocycles. The smallest absolute Gasteiger partial charge is 0.110 e. The summed E-state index contributed by atoms with van der Waals surface area (Å²) in [6.45, 7) is 0. The number of allylic oxidation sites excluding steroid dienone is 4. The van der Waals surface area contributed by atoms with Crippen molar-refractivity contribution in [1.82, 2.24) is 5.32 Å². The van der Waals surface area contributed by atoms with E-state index < -0.39 is 0 Å². The van der Waals surface area contributed by atoms with E-state index >= 15 is 0 Å². The third kappa shape index (κ3) is 0.778. The minimum Gasteiger partial charge on any atom is -0.348 e. The second-order valence-corrected chi connectivity index (χ2v) is 2.26. The first kappa shape index (κ1) is 5.47. The summed E-state index contributed by atoms with van der Waals surface area (Å²) in [5.74, 6) is 0. The maximum atomic E-state index is 4.19. The van der Waals surface area contributed by atoms with Crippen molar-refractivity contribution in [3.8, 4) is 0 Å². The van der Waals surface area contributed by atoms with Gasteiger partial charge in [0.15, 0.2) is 0 Å². The van der Waals surface area contributed by atoms with Crippen molar-refractivity contribution in [3.05, 3.63) is 36.1 Å². The molecule has 0 radical (unpaired) electrons. The highest BCUT2D eigenvalue weighted by Crippen LogP contribution is 2.11. The number of fused-ring (bicyclic) bond motifs is 1. The summed E-state index contributed by atoms with van der Waals surface area (Å²) in [6, 6.07) is 0.231. The van der Waals surface area contributed by atoms with Crippen molar-refractivity contribution in [2.45, 2.75) is 6.04 Å². The summed E-state index contributed by atoms with van der Waals surface area (Å²) < 4.78 is 0. The van der Waals surface area contributed by atoms with E-state index in [0.717, 1.165) is 5.70 Å². The van der Waals surface area contributed by atoms with E-state index in [-0.39, 0.29) is 6.04 Å². The predicted octanol–water partition coefficient (Wildman–Crippen LogP) is 0.996. The number of aliphatic imine (C=N–C) groups is 1. The van der Waals surface area contributed by atoms with Gasteiger partial charge in [0.05, 0.1) is 6.34 Å². The molecule has 0 fully saturated rings. The van der Waals surface area contributed by atoms with Crippen LogP contribution in [0.15, 0.2) is 41.1 Å². The maximum absolute atomic E-state index is 4.19. The fourth-order valence-electron chi connectivity index (χ4n) is 1.05. The van der Waals surface area contributed by atoms with Gasteiger partial charge in [-0.2, -0.15) is 0 Å². The van der Waals surface area contributed by atoms with Gasteiger partial charge in [-0.25, -0.2) is 0 Å². The van der Waals surface area contributed by atoms with Gasteiger partial charge < -0.3 is 5.32 Å². The summed E-state index contributed by atoms with van der Waals surface area (Å²) in [5.41, 5.74) is 1.16. The zero-order chi connectivity index (χ0) is 6.81. The fourth-order valence-corrected chi connectivity index (χ4v) is 1.05. The van der Waals surface area contributed by atoms with Gasteiger partial charge >= 0.3 is 0 Å². The molecule has 0 bridgehead atoms. The lowest BCUT2D eigenvalue weighted by Crippen LogP contribution is -2.09. The third-order valence-corrected chi connectivity index (χ3v) is 1.58. The highest BCUT2D eigenvalue weighted by molar-refractivity contribution is 5.64. The molecule has 50 valence electrons. The highest BCUT2D eigenvalue weighted by Gasteiger charge is 2.12. The van der Waals surface area contributed by atoms with Gasteiger partial charge in [-0.05, 0) is 6.08 Å². The van der Waals surface area contributed by atoms with Gasteiger partial charge in [-0.15, -0.1) is 0 Å². The molecule has 0 saturated carbocycles. The van der Waals surface area contributed by atoms with E-state index in [9.17, 15) is 0 Å². The van der Waals surface area contributed by atoms with Gasteiger partial charge in [0, 0.05) is 5.70 Å². The molecule has 2 heteroatoms. The van der Waals surface area contributed by atoms with Crippen LogP contribution in [0.1, 0.15) is 0 Å². The number of hydrogen-bond acceptors (Lipinski definition) is 2. The van der Waals surface area contributed by atoms with E-state index in [1.165, 1.54) is 0 Å². The second-order valence-electron chi connectivity index (χ2n) is 2.26. The van der Waals surface area contributed by atoms with Gasteiger partial charge in [-0.3, -0.25) is 4.99 Å². The Labute approximate surface area is 59.7 Å². The van der Waals surface area contributed by atoms with Gasteiger partial charge in [0.25, 0.3) is 0 Å². The van der Waals surface area contributed by atoms with Gasteiger partial charge in [-0.1, -0.05) is 24.3 Å². The molecule has 0 saturated heterocycles. The monoisotopic (exact) mass is 132 g/mol. The van der Waals surface area contributed by atoms with Crippen LogP contribution in [0.3, 0.4) is 0 Å². The predicted molar refractivity (Wildman–Crippen MR) is 41.8 cm³/mol. The van der Waals surface area contributed by atoms with Crippen LogP contribution < -0.4 is 5.32 Å². The topological polar surface area (TPSA) is 24.4 Å². The van der Waals surface area contributed by atoms with Crippen LogP contribution in [0.5, 0.6) is 0 Å². The lowest BCUT2D eigenvalue weighted by Gasteiger charge is -2.00. The lowest BCUT2D eigenvalue weighted by atomic mass is 10.2. The Bertz CT molecular complexity index is 246. The van der Waals surface area contributed by atoms with Crippen molar-refractivity contribution < 1.29 is 0 Å². The zero-order valence-electron chi connectivity index (χ0n) is 5.49. The number of nitrogens with one attached hydrogen (secondary N) is 1. The van der Waals surface area contributed by atoms with Crippen molar-refractivity contribution in [1.29, 1.82) is 0 Å². The Balaban J connectivity index is 2.35. The van der Waals surface area contributed by atoms with E-state index in [2.05, 4.69) is 16.4 Å². The first-order chi connectivity index (χ1) is 4.97. The minimum absolute atomic E-state index is 0.231. The molecule has 0 aromatic heterocycles. The lowest BCUT2D eigenvalue weighted by molar-refractivity contribution is 0.959. The molecule has 2 rings (SSSR count). The molecule has 10 heavy (non-hydrogen) atoms. The maximum Gasteiger partial charge on any atom is 0.110 e. The first-order valence-electron chi connectivity index (χ1n) is 3.30. The molecule has 1 aliphatic carbocycles.